The van der Waals surface area contributed by atoms with Gasteiger partial charge >= 0.3 is 5.63 Å². The Bertz CT molecular complexity index is 873. The summed E-state index contributed by atoms with van der Waals surface area (Å²) in [4.78, 5) is 12.1. The van der Waals surface area contributed by atoms with Crippen molar-refractivity contribution >= 4 is 11.0 Å². The van der Waals surface area contributed by atoms with Crippen LogP contribution in [0.3, 0.4) is 0 Å². The fraction of sp³-hybridized carbons (Fsp3) is 0.500. The quantitative estimate of drug-likeness (QED) is 0.535. The predicted octanol–water partition coefficient (Wildman–Crippen LogP) is -0.540. The molecule has 2 aromatic rings. The van der Waals surface area contributed by atoms with Crippen molar-refractivity contribution in [2.24, 2.45) is 0 Å². The maximum absolute atomic E-state index is 12.1. The van der Waals surface area contributed by atoms with Crippen molar-refractivity contribution in [1.82, 2.24) is 0 Å². The van der Waals surface area contributed by atoms with Crippen molar-refractivity contribution in [3.63, 3.8) is 0 Å². The third-order valence-electron chi connectivity index (χ3n) is 5.05. The summed E-state index contributed by atoms with van der Waals surface area (Å²) in [5, 5.41) is 39.8. The molecule has 8 heteroatoms. The first-order valence-electron chi connectivity index (χ1n) is 8.55. The monoisotopic (exact) mass is 364 g/mol. The first-order valence-corrected chi connectivity index (χ1v) is 8.55. The Kier molecular flexibility index (Phi) is 4.45. The van der Waals surface area contributed by atoms with Crippen LogP contribution in [-0.4, -0.2) is 57.7 Å². The van der Waals surface area contributed by atoms with Crippen molar-refractivity contribution < 1.29 is 34.3 Å². The fourth-order valence-electron chi connectivity index (χ4n) is 3.64. The maximum Gasteiger partial charge on any atom is 0.339 e. The second kappa shape index (κ2) is 6.64. The number of fused-ring (bicyclic) bond motifs is 3. The average Bonchev–Trinajstić information content (AvgIpc) is 3.13. The SMILES string of the molecule is O=c1oc2cc(O[C@@H]3O[C@H](CO)[C@H](O)[C@H](O)[C@H]3O)ccc2c2c1CCC2. The summed E-state index contributed by atoms with van der Waals surface area (Å²) in [6.07, 6.45) is -4.36. The number of aryl methyl sites for hydroxylation is 1. The van der Waals surface area contributed by atoms with E-state index in [1.807, 2.05) is 0 Å². The van der Waals surface area contributed by atoms with Gasteiger partial charge in [0.1, 0.15) is 35.7 Å². The van der Waals surface area contributed by atoms with Gasteiger partial charge in [-0.1, -0.05) is 0 Å². The molecule has 26 heavy (non-hydrogen) atoms. The molecule has 8 nitrogen and oxygen atoms in total. The molecule has 1 aromatic carbocycles. The fourth-order valence-corrected chi connectivity index (χ4v) is 3.64. The summed E-state index contributed by atoms with van der Waals surface area (Å²) >= 11 is 0. The largest absolute Gasteiger partial charge is 0.462 e. The van der Waals surface area contributed by atoms with Crippen molar-refractivity contribution in [2.75, 3.05) is 6.61 Å². The van der Waals surface area contributed by atoms with E-state index in [4.69, 9.17) is 13.9 Å². The summed E-state index contributed by atoms with van der Waals surface area (Å²) in [6, 6.07) is 4.96. The van der Waals surface area contributed by atoms with Crippen LogP contribution in [0.4, 0.5) is 0 Å². The van der Waals surface area contributed by atoms with E-state index in [2.05, 4.69) is 0 Å². The van der Waals surface area contributed by atoms with Crippen molar-refractivity contribution in [2.45, 2.75) is 50.0 Å². The highest BCUT2D eigenvalue weighted by Crippen LogP contribution is 2.31. The van der Waals surface area contributed by atoms with Crippen LogP contribution in [0, 0.1) is 0 Å². The van der Waals surface area contributed by atoms with Crippen LogP contribution >= 0.6 is 0 Å². The van der Waals surface area contributed by atoms with Gasteiger partial charge in [-0.2, -0.15) is 0 Å². The molecule has 0 radical (unpaired) electrons. The Hall–Kier alpha value is -1.97. The maximum atomic E-state index is 12.1. The summed E-state index contributed by atoms with van der Waals surface area (Å²) in [6.45, 7) is -0.538. The van der Waals surface area contributed by atoms with E-state index < -0.39 is 37.3 Å². The van der Waals surface area contributed by atoms with Crippen LogP contribution in [-0.2, 0) is 17.6 Å². The minimum absolute atomic E-state index is 0.267. The molecule has 0 amide bonds. The zero-order valence-electron chi connectivity index (χ0n) is 13.9. The first-order chi connectivity index (χ1) is 12.5. The molecule has 4 rings (SSSR count). The second-order valence-electron chi connectivity index (χ2n) is 6.67. The van der Waals surface area contributed by atoms with Crippen LogP contribution in [0.15, 0.2) is 27.4 Å². The van der Waals surface area contributed by atoms with Gasteiger partial charge in [-0.15, -0.1) is 0 Å². The van der Waals surface area contributed by atoms with Gasteiger partial charge in [-0.25, -0.2) is 4.79 Å². The molecule has 0 unspecified atom stereocenters. The number of aliphatic hydroxyl groups excluding tert-OH is 4. The van der Waals surface area contributed by atoms with E-state index in [0.717, 1.165) is 35.8 Å². The lowest BCUT2D eigenvalue weighted by Gasteiger charge is -2.39. The van der Waals surface area contributed by atoms with Crippen molar-refractivity contribution in [3.8, 4) is 5.75 Å². The van der Waals surface area contributed by atoms with E-state index in [1.54, 1.807) is 12.1 Å². The Morgan fingerprint density at radius 2 is 1.85 bits per heavy atom. The van der Waals surface area contributed by atoms with Crippen molar-refractivity contribution in [3.05, 3.63) is 39.7 Å². The molecule has 1 aliphatic heterocycles. The number of rotatable bonds is 3. The average molecular weight is 364 g/mol. The molecule has 140 valence electrons. The van der Waals surface area contributed by atoms with Crippen LogP contribution in [0.2, 0.25) is 0 Å². The summed E-state index contributed by atoms with van der Waals surface area (Å²) in [5.74, 6) is 0.267. The van der Waals surface area contributed by atoms with Crippen LogP contribution in [0.5, 0.6) is 5.75 Å². The van der Waals surface area contributed by atoms with Gasteiger partial charge in [0.15, 0.2) is 0 Å². The van der Waals surface area contributed by atoms with Gasteiger partial charge in [0.25, 0.3) is 0 Å². The zero-order chi connectivity index (χ0) is 18.4. The first kappa shape index (κ1) is 17.4. The Balaban J connectivity index is 1.63. The number of ether oxygens (including phenoxy) is 2. The summed E-state index contributed by atoms with van der Waals surface area (Å²) in [5.41, 5.74) is 1.74. The molecule has 1 aliphatic carbocycles. The number of hydrogen-bond acceptors (Lipinski definition) is 8. The molecular formula is C18H20O8. The summed E-state index contributed by atoms with van der Waals surface area (Å²) in [7, 11) is 0. The van der Waals surface area contributed by atoms with Gasteiger partial charge in [-0.05, 0) is 37.0 Å². The number of hydrogen-bond donors (Lipinski definition) is 4. The highest BCUT2D eigenvalue weighted by Gasteiger charge is 2.44. The molecule has 0 saturated carbocycles. The van der Waals surface area contributed by atoms with Crippen LogP contribution in [0.25, 0.3) is 11.0 Å². The molecular weight excluding hydrogens is 344 g/mol. The van der Waals surface area contributed by atoms with Crippen LogP contribution in [0.1, 0.15) is 17.5 Å². The van der Waals surface area contributed by atoms with Crippen molar-refractivity contribution in [1.29, 1.82) is 0 Å². The molecule has 5 atom stereocenters. The number of benzene rings is 1. The Labute approximate surface area is 148 Å². The smallest absolute Gasteiger partial charge is 0.339 e. The van der Waals surface area contributed by atoms with Gasteiger partial charge in [0, 0.05) is 17.0 Å². The van der Waals surface area contributed by atoms with E-state index >= 15 is 0 Å². The minimum Gasteiger partial charge on any atom is -0.462 e. The highest BCUT2D eigenvalue weighted by molar-refractivity contribution is 5.83. The van der Waals surface area contributed by atoms with Gasteiger partial charge < -0.3 is 34.3 Å². The molecule has 4 N–H and O–H groups in total. The Morgan fingerprint density at radius 3 is 2.62 bits per heavy atom. The van der Waals surface area contributed by atoms with Gasteiger partial charge in [0.05, 0.1) is 6.61 Å². The highest BCUT2D eigenvalue weighted by atomic mass is 16.7. The Morgan fingerprint density at radius 1 is 1.08 bits per heavy atom. The minimum atomic E-state index is -1.52. The standard InChI is InChI=1S/C18H20O8/c19-7-13-14(20)15(21)16(22)18(26-13)24-8-4-5-10-9-2-1-3-11(9)17(23)25-12(10)6-8/h4-6,13-16,18-22H,1-3,7H2/t13-,14+,15+,16-,18-/m1/s1. The molecule has 1 aromatic heterocycles. The zero-order valence-corrected chi connectivity index (χ0v) is 13.9. The second-order valence-corrected chi connectivity index (χ2v) is 6.67. The lowest BCUT2D eigenvalue weighted by Crippen LogP contribution is -2.60. The molecule has 2 aliphatic rings. The summed E-state index contributed by atoms with van der Waals surface area (Å²) < 4.78 is 16.3. The molecule has 1 saturated heterocycles. The predicted molar refractivity (Wildman–Crippen MR) is 88.9 cm³/mol. The molecule has 0 bridgehead atoms. The van der Waals surface area contributed by atoms with E-state index in [9.17, 15) is 25.2 Å². The van der Waals surface area contributed by atoms with E-state index in [-0.39, 0.29) is 11.4 Å². The molecule has 1 fully saturated rings. The number of aliphatic hydroxyl groups is 4. The van der Waals surface area contributed by atoms with E-state index in [0.29, 0.717) is 5.58 Å². The van der Waals surface area contributed by atoms with E-state index in [1.165, 1.54) is 6.07 Å². The normalized spacial score (nSPS) is 31.2. The lowest BCUT2D eigenvalue weighted by atomic mass is 9.99. The topological polar surface area (TPSA) is 130 Å². The third kappa shape index (κ3) is 2.80. The van der Waals surface area contributed by atoms with Gasteiger partial charge in [0.2, 0.25) is 6.29 Å². The van der Waals surface area contributed by atoms with Gasteiger partial charge in [-0.3, -0.25) is 0 Å². The molecule has 0 spiro atoms. The lowest BCUT2D eigenvalue weighted by molar-refractivity contribution is -0.277. The van der Waals surface area contributed by atoms with Crippen LogP contribution < -0.4 is 10.4 Å². The third-order valence-corrected chi connectivity index (χ3v) is 5.05. The molecule has 2 heterocycles.